The van der Waals surface area contributed by atoms with Gasteiger partial charge in [0.05, 0.1) is 6.10 Å². The number of rotatable bonds is 7. The van der Waals surface area contributed by atoms with Crippen molar-refractivity contribution in [1.82, 2.24) is 0 Å². The molecule has 1 N–H and O–H groups in total. The maximum Gasteiger partial charge on any atom is 0.0596 e. The van der Waals surface area contributed by atoms with Crippen LogP contribution in [0, 0.1) is 11.3 Å². The van der Waals surface area contributed by atoms with Gasteiger partial charge in [0.2, 0.25) is 0 Å². The summed E-state index contributed by atoms with van der Waals surface area (Å²) >= 11 is 0. The van der Waals surface area contributed by atoms with Crippen molar-refractivity contribution in [3.63, 3.8) is 0 Å². The fraction of sp³-hybridized carbons (Fsp3) is 1.00. The third-order valence-electron chi connectivity index (χ3n) is 3.83. The second-order valence-electron chi connectivity index (χ2n) is 5.01. The largest absolute Gasteiger partial charge is 0.393 e. The van der Waals surface area contributed by atoms with Gasteiger partial charge in [-0.15, -0.1) is 0 Å². The number of aliphatic hydroxyl groups is 1. The first kappa shape index (κ1) is 14.0. The first-order valence-electron chi connectivity index (χ1n) is 6.18. The van der Waals surface area contributed by atoms with Crippen molar-refractivity contribution in [3.05, 3.63) is 0 Å². The highest BCUT2D eigenvalue weighted by atomic mass is 16.3. The van der Waals surface area contributed by atoms with Gasteiger partial charge in [-0.05, 0) is 30.6 Å². The van der Waals surface area contributed by atoms with E-state index in [0.29, 0.717) is 5.92 Å². The van der Waals surface area contributed by atoms with Gasteiger partial charge in [0.15, 0.2) is 0 Å². The molecular weight excluding hydrogens is 172 g/mol. The molecule has 2 unspecified atom stereocenters. The fourth-order valence-electron chi connectivity index (χ4n) is 2.00. The Bertz CT molecular complexity index is 138. The van der Waals surface area contributed by atoms with Crippen LogP contribution in [0.4, 0.5) is 0 Å². The lowest BCUT2D eigenvalue weighted by Gasteiger charge is -2.34. The molecule has 0 bridgehead atoms. The van der Waals surface area contributed by atoms with E-state index in [9.17, 15) is 5.11 Å². The van der Waals surface area contributed by atoms with Crippen LogP contribution in [-0.4, -0.2) is 11.2 Å². The summed E-state index contributed by atoms with van der Waals surface area (Å²) in [7, 11) is 0. The summed E-state index contributed by atoms with van der Waals surface area (Å²) in [5.74, 6) is 0.660. The van der Waals surface area contributed by atoms with Crippen molar-refractivity contribution >= 4 is 0 Å². The normalized spacial score (nSPS) is 16.7. The quantitative estimate of drug-likeness (QED) is 0.658. The van der Waals surface area contributed by atoms with E-state index < -0.39 is 0 Å². The van der Waals surface area contributed by atoms with Gasteiger partial charge in [0.1, 0.15) is 0 Å². The summed E-state index contributed by atoms with van der Waals surface area (Å²) in [6.07, 6.45) is 5.45. The summed E-state index contributed by atoms with van der Waals surface area (Å²) in [6, 6.07) is 0. The third kappa shape index (κ3) is 4.00. The molecular formula is C13H28O. The summed E-state index contributed by atoms with van der Waals surface area (Å²) in [6.45, 7) is 11.0. The Hall–Kier alpha value is -0.0400. The minimum Gasteiger partial charge on any atom is -0.393 e. The summed E-state index contributed by atoms with van der Waals surface area (Å²) < 4.78 is 0. The maximum absolute atomic E-state index is 10.2. The first-order chi connectivity index (χ1) is 6.50. The number of hydrogen-bond acceptors (Lipinski definition) is 1. The van der Waals surface area contributed by atoms with E-state index in [0.717, 1.165) is 19.3 Å². The molecule has 0 spiro atoms. The van der Waals surface area contributed by atoms with Crippen molar-refractivity contribution in [2.45, 2.75) is 72.8 Å². The van der Waals surface area contributed by atoms with Gasteiger partial charge < -0.3 is 5.11 Å². The van der Waals surface area contributed by atoms with E-state index in [1.165, 1.54) is 12.8 Å². The zero-order valence-corrected chi connectivity index (χ0v) is 10.6. The van der Waals surface area contributed by atoms with Crippen LogP contribution in [0.15, 0.2) is 0 Å². The molecule has 86 valence electrons. The molecule has 2 atom stereocenters. The minimum atomic E-state index is -0.126. The van der Waals surface area contributed by atoms with Crippen LogP contribution in [0.1, 0.15) is 66.7 Å². The molecule has 0 heterocycles. The van der Waals surface area contributed by atoms with Crippen molar-refractivity contribution in [3.8, 4) is 0 Å². The monoisotopic (exact) mass is 200 g/mol. The molecule has 14 heavy (non-hydrogen) atoms. The molecule has 0 aromatic heterocycles. The highest BCUT2D eigenvalue weighted by Gasteiger charge is 2.29. The first-order valence-corrected chi connectivity index (χ1v) is 6.18. The smallest absolute Gasteiger partial charge is 0.0596 e. The predicted molar refractivity (Wildman–Crippen MR) is 63.4 cm³/mol. The molecule has 0 fully saturated rings. The van der Waals surface area contributed by atoms with Crippen LogP contribution < -0.4 is 0 Å². The molecule has 0 aromatic carbocycles. The van der Waals surface area contributed by atoms with Gasteiger partial charge >= 0.3 is 0 Å². The minimum absolute atomic E-state index is 0.126. The Kier molecular flexibility index (Phi) is 6.43. The van der Waals surface area contributed by atoms with Gasteiger partial charge in [-0.2, -0.15) is 0 Å². The zero-order valence-electron chi connectivity index (χ0n) is 10.6. The molecule has 0 aliphatic carbocycles. The van der Waals surface area contributed by atoms with Gasteiger partial charge in [-0.3, -0.25) is 0 Å². The lowest BCUT2D eigenvalue weighted by Crippen LogP contribution is -2.32. The van der Waals surface area contributed by atoms with Gasteiger partial charge in [0.25, 0.3) is 0 Å². The van der Waals surface area contributed by atoms with Crippen LogP contribution in [0.3, 0.4) is 0 Å². The molecule has 0 aliphatic rings. The summed E-state index contributed by atoms with van der Waals surface area (Å²) in [4.78, 5) is 0. The van der Waals surface area contributed by atoms with Gasteiger partial charge in [-0.1, -0.05) is 47.5 Å². The van der Waals surface area contributed by atoms with E-state index in [1.54, 1.807) is 0 Å². The van der Waals surface area contributed by atoms with E-state index in [2.05, 4.69) is 34.6 Å². The van der Waals surface area contributed by atoms with Crippen LogP contribution in [-0.2, 0) is 0 Å². The summed E-state index contributed by atoms with van der Waals surface area (Å²) in [5, 5.41) is 10.2. The Labute approximate surface area is 89.9 Å². The van der Waals surface area contributed by atoms with E-state index in [-0.39, 0.29) is 11.5 Å². The van der Waals surface area contributed by atoms with Crippen molar-refractivity contribution < 1.29 is 5.11 Å². The second kappa shape index (κ2) is 6.44. The highest BCUT2D eigenvalue weighted by molar-refractivity contribution is 4.80. The lowest BCUT2D eigenvalue weighted by atomic mass is 9.75. The second-order valence-corrected chi connectivity index (χ2v) is 5.01. The molecule has 1 nitrogen and oxygen atoms in total. The third-order valence-corrected chi connectivity index (χ3v) is 3.83. The molecule has 0 amide bonds. The molecule has 0 aliphatic heterocycles. The average molecular weight is 200 g/mol. The topological polar surface area (TPSA) is 20.2 Å². The van der Waals surface area contributed by atoms with E-state index in [4.69, 9.17) is 0 Å². The Balaban J connectivity index is 4.10. The summed E-state index contributed by atoms with van der Waals surface area (Å²) in [5.41, 5.74) is 0.127. The molecule has 0 saturated heterocycles. The van der Waals surface area contributed by atoms with E-state index in [1.807, 2.05) is 0 Å². The van der Waals surface area contributed by atoms with Crippen LogP contribution in [0.2, 0.25) is 0 Å². The Morgan fingerprint density at radius 3 is 2.00 bits per heavy atom. The van der Waals surface area contributed by atoms with Gasteiger partial charge in [-0.25, -0.2) is 0 Å². The van der Waals surface area contributed by atoms with Gasteiger partial charge in [0, 0.05) is 0 Å². The number of hydrogen-bond donors (Lipinski definition) is 1. The average Bonchev–Trinajstić information content (AvgIpc) is 2.16. The van der Waals surface area contributed by atoms with E-state index >= 15 is 0 Å². The molecule has 0 radical (unpaired) electrons. The van der Waals surface area contributed by atoms with Crippen molar-refractivity contribution in [2.75, 3.05) is 0 Å². The Morgan fingerprint density at radius 2 is 1.64 bits per heavy atom. The zero-order chi connectivity index (χ0) is 11.2. The SMILES string of the molecule is CCCC(C)CC(O)C(C)(CC)CC. The number of aliphatic hydroxyl groups excluding tert-OH is 1. The fourth-order valence-corrected chi connectivity index (χ4v) is 2.00. The predicted octanol–water partition coefficient (Wildman–Crippen LogP) is 4.00. The van der Waals surface area contributed by atoms with Crippen LogP contribution in [0.5, 0.6) is 0 Å². The molecule has 0 rings (SSSR count). The van der Waals surface area contributed by atoms with Crippen LogP contribution >= 0.6 is 0 Å². The van der Waals surface area contributed by atoms with Crippen molar-refractivity contribution in [1.29, 1.82) is 0 Å². The van der Waals surface area contributed by atoms with Crippen LogP contribution in [0.25, 0.3) is 0 Å². The molecule has 0 aromatic rings. The molecule has 0 saturated carbocycles. The highest BCUT2D eigenvalue weighted by Crippen LogP contribution is 2.33. The lowest BCUT2D eigenvalue weighted by molar-refractivity contribution is 0.0132. The maximum atomic E-state index is 10.2. The Morgan fingerprint density at radius 1 is 1.14 bits per heavy atom. The van der Waals surface area contributed by atoms with Crippen molar-refractivity contribution in [2.24, 2.45) is 11.3 Å². The standard InChI is InChI=1S/C13H28O/c1-6-9-11(4)10-12(14)13(5,7-2)8-3/h11-12,14H,6-10H2,1-5H3. The molecule has 1 heteroatoms.